The Labute approximate surface area is 143 Å². The fraction of sp³-hybridized carbons (Fsp3) is 0.143. The number of hydrogen-bond acceptors (Lipinski definition) is 1. The van der Waals surface area contributed by atoms with Gasteiger partial charge in [-0.1, -0.05) is 11.6 Å². The summed E-state index contributed by atoms with van der Waals surface area (Å²) in [6.07, 6.45) is 0. The van der Waals surface area contributed by atoms with Crippen molar-refractivity contribution in [2.24, 2.45) is 0 Å². The van der Waals surface area contributed by atoms with Crippen LogP contribution >= 0.6 is 50.1 Å². The normalized spacial score (nSPS) is 12.5. The molecule has 0 heterocycles. The molecular weight excluding hydrogens is 462 g/mol. The SMILES string of the molecule is CNC(c1cc(F)c(Br)cc1F)c1cc(Cl)ccc1I. The van der Waals surface area contributed by atoms with Crippen LogP contribution in [0, 0.1) is 15.2 Å². The van der Waals surface area contributed by atoms with E-state index in [-0.39, 0.29) is 10.0 Å². The van der Waals surface area contributed by atoms with E-state index >= 15 is 0 Å². The van der Waals surface area contributed by atoms with Crippen LogP contribution in [0.1, 0.15) is 17.2 Å². The zero-order valence-corrected chi connectivity index (χ0v) is 14.9. The highest BCUT2D eigenvalue weighted by Crippen LogP contribution is 2.32. The van der Waals surface area contributed by atoms with Gasteiger partial charge in [0.15, 0.2) is 0 Å². The third-order valence-corrected chi connectivity index (χ3v) is 4.73. The van der Waals surface area contributed by atoms with Gasteiger partial charge in [-0.15, -0.1) is 0 Å². The molecule has 0 fully saturated rings. The molecule has 2 rings (SSSR count). The van der Waals surface area contributed by atoms with Crippen molar-refractivity contribution in [1.29, 1.82) is 0 Å². The van der Waals surface area contributed by atoms with Crippen LogP contribution in [0.25, 0.3) is 0 Å². The summed E-state index contributed by atoms with van der Waals surface area (Å²) < 4.78 is 28.8. The molecule has 0 bridgehead atoms. The first-order valence-electron chi connectivity index (χ1n) is 5.70. The third kappa shape index (κ3) is 3.32. The van der Waals surface area contributed by atoms with E-state index in [4.69, 9.17) is 11.6 Å². The van der Waals surface area contributed by atoms with Crippen LogP contribution < -0.4 is 5.32 Å². The highest BCUT2D eigenvalue weighted by Gasteiger charge is 2.20. The van der Waals surface area contributed by atoms with Crippen LogP contribution in [0.15, 0.2) is 34.8 Å². The molecule has 1 nitrogen and oxygen atoms in total. The second-order valence-corrected chi connectivity index (χ2v) is 6.63. The minimum atomic E-state index is -0.501. The maximum Gasteiger partial charge on any atom is 0.137 e. The zero-order valence-electron chi connectivity index (χ0n) is 10.4. The molecule has 1 N–H and O–H groups in total. The Hall–Kier alpha value is -0.240. The van der Waals surface area contributed by atoms with Crippen LogP contribution in [0.2, 0.25) is 5.02 Å². The highest BCUT2D eigenvalue weighted by atomic mass is 127. The van der Waals surface area contributed by atoms with Gasteiger partial charge in [-0.05, 0) is 81.5 Å². The summed E-state index contributed by atoms with van der Waals surface area (Å²) in [4.78, 5) is 0. The van der Waals surface area contributed by atoms with Crippen molar-refractivity contribution >= 4 is 50.1 Å². The second kappa shape index (κ2) is 6.68. The molecule has 1 atom stereocenters. The first kappa shape index (κ1) is 16.1. The van der Waals surface area contributed by atoms with E-state index in [0.717, 1.165) is 15.2 Å². The molecule has 0 spiro atoms. The fourth-order valence-electron chi connectivity index (χ4n) is 1.97. The van der Waals surface area contributed by atoms with Gasteiger partial charge in [0.25, 0.3) is 0 Å². The maximum absolute atomic E-state index is 14.1. The Kier molecular flexibility index (Phi) is 5.39. The Balaban J connectivity index is 2.58. The lowest BCUT2D eigenvalue weighted by atomic mass is 9.98. The number of benzene rings is 2. The van der Waals surface area contributed by atoms with Gasteiger partial charge >= 0.3 is 0 Å². The van der Waals surface area contributed by atoms with Gasteiger partial charge in [0, 0.05) is 14.2 Å². The molecule has 6 heteroatoms. The summed E-state index contributed by atoms with van der Waals surface area (Å²) in [5, 5.41) is 3.56. The molecule has 20 heavy (non-hydrogen) atoms. The Morgan fingerprint density at radius 3 is 2.50 bits per heavy atom. The molecule has 106 valence electrons. The van der Waals surface area contributed by atoms with Gasteiger partial charge in [0.1, 0.15) is 11.6 Å². The predicted octanol–water partition coefficient (Wildman–Crippen LogP) is 5.29. The monoisotopic (exact) mass is 471 g/mol. The van der Waals surface area contributed by atoms with Crippen molar-refractivity contribution in [1.82, 2.24) is 5.32 Å². The van der Waals surface area contributed by atoms with Crippen LogP contribution in [0.4, 0.5) is 8.78 Å². The summed E-state index contributed by atoms with van der Waals surface area (Å²) in [6, 6.07) is 7.21. The number of hydrogen-bond donors (Lipinski definition) is 1. The Morgan fingerprint density at radius 2 is 1.85 bits per heavy atom. The molecule has 0 saturated carbocycles. The molecule has 2 aromatic carbocycles. The van der Waals surface area contributed by atoms with E-state index in [9.17, 15) is 8.78 Å². The lowest BCUT2D eigenvalue weighted by molar-refractivity contribution is 0.554. The van der Waals surface area contributed by atoms with Crippen molar-refractivity contribution < 1.29 is 8.78 Å². The van der Waals surface area contributed by atoms with Gasteiger partial charge in [0.2, 0.25) is 0 Å². The number of rotatable bonds is 3. The van der Waals surface area contributed by atoms with E-state index in [1.54, 1.807) is 19.2 Å². The molecule has 0 amide bonds. The Bertz CT molecular complexity index is 651. The number of nitrogens with one attached hydrogen (secondary N) is 1. The van der Waals surface area contributed by atoms with Crippen LogP contribution in [-0.4, -0.2) is 7.05 Å². The van der Waals surface area contributed by atoms with Gasteiger partial charge < -0.3 is 5.32 Å². The topological polar surface area (TPSA) is 12.0 Å². The lowest BCUT2D eigenvalue weighted by Gasteiger charge is -2.20. The van der Waals surface area contributed by atoms with Gasteiger partial charge in [-0.3, -0.25) is 0 Å². The lowest BCUT2D eigenvalue weighted by Crippen LogP contribution is -2.20. The van der Waals surface area contributed by atoms with Crippen LogP contribution in [0.3, 0.4) is 0 Å². The summed E-state index contributed by atoms with van der Waals surface area (Å²) in [7, 11) is 1.70. The van der Waals surface area contributed by atoms with Crippen molar-refractivity contribution in [3.8, 4) is 0 Å². The summed E-state index contributed by atoms with van der Waals surface area (Å²) in [5.74, 6) is -0.980. The van der Waals surface area contributed by atoms with Crippen molar-refractivity contribution in [2.75, 3.05) is 7.05 Å². The zero-order chi connectivity index (χ0) is 14.9. The molecule has 1 unspecified atom stereocenters. The predicted molar refractivity (Wildman–Crippen MR) is 89.1 cm³/mol. The van der Waals surface area contributed by atoms with Gasteiger partial charge in [-0.2, -0.15) is 0 Å². The molecular formula is C14H10BrClF2IN. The minimum absolute atomic E-state index is 0.106. The largest absolute Gasteiger partial charge is 0.309 e. The van der Waals surface area contributed by atoms with Crippen LogP contribution in [0.5, 0.6) is 0 Å². The standard InChI is InChI=1S/C14H10BrClF2IN/c1-20-14(9-4-7(16)2-3-13(9)19)8-5-12(18)10(15)6-11(8)17/h2-6,14,20H,1H3. The van der Waals surface area contributed by atoms with E-state index < -0.39 is 17.7 Å². The molecule has 0 aliphatic rings. The van der Waals surface area contributed by atoms with E-state index in [2.05, 4.69) is 43.8 Å². The minimum Gasteiger partial charge on any atom is -0.309 e. The van der Waals surface area contributed by atoms with Gasteiger partial charge in [-0.25, -0.2) is 8.78 Å². The van der Waals surface area contributed by atoms with Gasteiger partial charge in [0.05, 0.1) is 10.5 Å². The molecule has 0 radical (unpaired) electrons. The Morgan fingerprint density at radius 1 is 1.15 bits per heavy atom. The first-order chi connectivity index (χ1) is 9.43. The highest BCUT2D eigenvalue weighted by molar-refractivity contribution is 14.1. The molecule has 2 aromatic rings. The van der Waals surface area contributed by atoms with E-state index in [1.165, 1.54) is 6.07 Å². The molecule has 0 aliphatic carbocycles. The molecule has 0 aliphatic heterocycles. The quantitative estimate of drug-likeness (QED) is 0.473. The van der Waals surface area contributed by atoms with E-state index in [0.29, 0.717) is 5.02 Å². The van der Waals surface area contributed by atoms with Crippen LogP contribution in [-0.2, 0) is 0 Å². The summed E-state index contributed by atoms with van der Waals surface area (Å²) in [5.41, 5.74) is 1.05. The summed E-state index contributed by atoms with van der Waals surface area (Å²) in [6.45, 7) is 0. The second-order valence-electron chi connectivity index (χ2n) is 4.18. The fourth-order valence-corrected chi connectivity index (χ4v) is 3.12. The average molecular weight is 472 g/mol. The van der Waals surface area contributed by atoms with Crippen molar-refractivity contribution in [3.63, 3.8) is 0 Å². The summed E-state index contributed by atoms with van der Waals surface area (Å²) >= 11 is 11.1. The average Bonchev–Trinajstić information content (AvgIpc) is 2.40. The third-order valence-electron chi connectivity index (χ3n) is 2.91. The smallest absolute Gasteiger partial charge is 0.137 e. The number of halogens is 5. The first-order valence-corrected chi connectivity index (χ1v) is 7.95. The molecule has 0 aromatic heterocycles. The molecule has 0 saturated heterocycles. The maximum atomic E-state index is 14.1. The van der Waals surface area contributed by atoms with Crippen molar-refractivity contribution in [3.05, 3.63) is 66.2 Å². The van der Waals surface area contributed by atoms with E-state index in [1.807, 2.05) is 6.07 Å². The van der Waals surface area contributed by atoms with Crippen molar-refractivity contribution in [2.45, 2.75) is 6.04 Å².